The van der Waals surface area contributed by atoms with Crippen molar-refractivity contribution in [3.8, 4) is 0 Å². The Bertz CT molecular complexity index is 485. The first-order valence-electron chi connectivity index (χ1n) is 6.01. The molecule has 0 fully saturated rings. The topological polar surface area (TPSA) is 75.6 Å². The van der Waals surface area contributed by atoms with Gasteiger partial charge in [0.05, 0.1) is 19.4 Å². The minimum absolute atomic E-state index is 0.125. The van der Waals surface area contributed by atoms with E-state index in [-0.39, 0.29) is 19.4 Å². The fraction of sp³-hybridized carbons (Fsp3) is 0.385. The summed E-state index contributed by atoms with van der Waals surface area (Å²) in [6.07, 6.45) is -4.73. The maximum absolute atomic E-state index is 11.8. The second-order valence-corrected chi connectivity index (χ2v) is 4.23. The molecule has 0 aliphatic heterocycles. The normalized spacial score (nSPS) is 11.2. The van der Waals surface area contributed by atoms with Crippen molar-refractivity contribution in [2.75, 3.05) is 18.5 Å². The predicted octanol–water partition coefficient (Wildman–Crippen LogP) is 2.22. The van der Waals surface area contributed by atoms with E-state index in [1.165, 1.54) is 12.1 Å². The van der Waals surface area contributed by atoms with Gasteiger partial charge < -0.3 is 15.2 Å². The van der Waals surface area contributed by atoms with Gasteiger partial charge in [0, 0.05) is 5.69 Å². The SMILES string of the molecule is O=C(O)Cc1ccc(NC(=O)CCOCC(F)(F)F)cc1. The predicted molar refractivity (Wildman–Crippen MR) is 67.9 cm³/mol. The fourth-order valence-electron chi connectivity index (χ4n) is 1.46. The van der Waals surface area contributed by atoms with Gasteiger partial charge >= 0.3 is 12.1 Å². The molecule has 0 aromatic heterocycles. The number of alkyl halides is 3. The molecule has 8 heteroatoms. The van der Waals surface area contributed by atoms with Gasteiger partial charge in [-0.2, -0.15) is 13.2 Å². The first-order chi connectivity index (χ1) is 9.76. The van der Waals surface area contributed by atoms with Crippen LogP contribution in [-0.4, -0.2) is 36.4 Å². The van der Waals surface area contributed by atoms with Gasteiger partial charge in [0.25, 0.3) is 0 Å². The smallest absolute Gasteiger partial charge is 0.411 e. The van der Waals surface area contributed by atoms with E-state index in [1.54, 1.807) is 12.1 Å². The van der Waals surface area contributed by atoms with Crippen molar-refractivity contribution in [1.29, 1.82) is 0 Å². The zero-order valence-corrected chi connectivity index (χ0v) is 10.9. The molecule has 5 nitrogen and oxygen atoms in total. The molecule has 0 atom stereocenters. The maximum atomic E-state index is 11.8. The van der Waals surface area contributed by atoms with Crippen molar-refractivity contribution in [2.24, 2.45) is 0 Å². The lowest BCUT2D eigenvalue weighted by atomic mass is 10.1. The average molecular weight is 305 g/mol. The molecule has 1 aromatic rings. The van der Waals surface area contributed by atoms with Crippen LogP contribution in [0.3, 0.4) is 0 Å². The minimum atomic E-state index is -4.41. The molecule has 0 heterocycles. The highest BCUT2D eigenvalue weighted by molar-refractivity contribution is 5.90. The summed E-state index contributed by atoms with van der Waals surface area (Å²) in [4.78, 5) is 21.9. The Balaban J connectivity index is 2.32. The van der Waals surface area contributed by atoms with Crippen LogP contribution in [0.25, 0.3) is 0 Å². The lowest BCUT2D eigenvalue weighted by Gasteiger charge is -2.08. The monoisotopic (exact) mass is 305 g/mol. The highest BCUT2D eigenvalue weighted by Gasteiger charge is 2.27. The lowest BCUT2D eigenvalue weighted by molar-refractivity contribution is -0.174. The van der Waals surface area contributed by atoms with Gasteiger partial charge in [-0.3, -0.25) is 9.59 Å². The number of benzene rings is 1. The number of carboxylic acid groups (broad SMARTS) is 1. The van der Waals surface area contributed by atoms with Gasteiger partial charge in [0.2, 0.25) is 5.91 Å². The van der Waals surface area contributed by atoms with Gasteiger partial charge in [-0.15, -0.1) is 0 Å². The summed E-state index contributed by atoms with van der Waals surface area (Å²) in [5.41, 5.74) is 1.01. The van der Waals surface area contributed by atoms with E-state index >= 15 is 0 Å². The Morgan fingerprint density at radius 2 is 1.81 bits per heavy atom. The zero-order valence-electron chi connectivity index (χ0n) is 10.9. The molecule has 1 rings (SSSR count). The van der Waals surface area contributed by atoms with Crippen molar-refractivity contribution < 1.29 is 32.6 Å². The minimum Gasteiger partial charge on any atom is -0.481 e. The lowest BCUT2D eigenvalue weighted by Crippen LogP contribution is -2.20. The summed E-state index contributed by atoms with van der Waals surface area (Å²) in [6.45, 7) is -1.72. The van der Waals surface area contributed by atoms with Gasteiger partial charge in [-0.25, -0.2) is 0 Å². The summed E-state index contributed by atoms with van der Waals surface area (Å²) in [6, 6.07) is 6.13. The number of aliphatic carboxylic acids is 1. The summed E-state index contributed by atoms with van der Waals surface area (Å²) >= 11 is 0. The third-order valence-electron chi connectivity index (χ3n) is 2.33. The van der Waals surface area contributed by atoms with E-state index in [2.05, 4.69) is 10.1 Å². The number of amides is 1. The van der Waals surface area contributed by atoms with E-state index in [1.807, 2.05) is 0 Å². The highest BCUT2D eigenvalue weighted by atomic mass is 19.4. The molecule has 1 aromatic carbocycles. The molecule has 0 bridgehead atoms. The van der Waals surface area contributed by atoms with Gasteiger partial charge in [0.1, 0.15) is 6.61 Å². The standard InChI is InChI=1S/C13H14F3NO4/c14-13(15,16)8-21-6-5-11(18)17-10-3-1-9(2-4-10)7-12(19)20/h1-4H,5-8H2,(H,17,18)(H,19,20). The average Bonchev–Trinajstić information content (AvgIpc) is 2.35. The molecule has 0 aliphatic carbocycles. The molecule has 1 amide bonds. The molecular weight excluding hydrogens is 291 g/mol. The maximum Gasteiger partial charge on any atom is 0.411 e. The Hall–Kier alpha value is -2.09. The van der Waals surface area contributed by atoms with Crippen LogP contribution in [0.15, 0.2) is 24.3 Å². The number of halogens is 3. The number of carboxylic acids is 1. The summed E-state index contributed by atoms with van der Waals surface area (Å²) < 4.78 is 39.7. The van der Waals surface area contributed by atoms with E-state index in [4.69, 9.17) is 5.11 Å². The van der Waals surface area contributed by atoms with Crippen LogP contribution in [0.2, 0.25) is 0 Å². The van der Waals surface area contributed by atoms with Crippen LogP contribution < -0.4 is 5.32 Å². The highest BCUT2D eigenvalue weighted by Crippen LogP contribution is 2.14. The van der Waals surface area contributed by atoms with Crippen molar-refractivity contribution >= 4 is 17.6 Å². The van der Waals surface area contributed by atoms with E-state index in [0.29, 0.717) is 11.3 Å². The van der Waals surface area contributed by atoms with Crippen LogP contribution >= 0.6 is 0 Å². The largest absolute Gasteiger partial charge is 0.481 e. The number of anilines is 1. The summed E-state index contributed by atoms with van der Waals surface area (Å²) in [5.74, 6) is -1.45. The Morgan fingerprint density at radius 3 is 2.33 bits per heavy atom. The third kappa shape index (κ3) is 7.93. The Labute approximate surface area is 118 Å². The van der Waals surface area contributed by atoms with Crippen molar-refractivity contribution in [3.05, 3.63) is 29.8 Å². The first-order valence-corrected chi connectivity index (χ1v) is 6.01. The number of rotatable bonds is 7. The summed E-state index contributed by atoms with van der Waals surface area (Å²) in [5, 5.41) is 11.1. The molecule has 2 N–H and O–H groups in total. The number of carbonyl (C=O) groups is 2. The van der Waals surface area contributed by atoms with E-state index in [9.17, 15) is 22.8 Å². The molecule has 116 valence electrons. The molecule has 0 aliphatic rings. The molecule has 0 radical (unpaired) electrons. The van der Waals surface area contributed by atoms with Crippen LogP contribution in [0.5, 0.6) is 0 Å². The Morgan fingerprint density at radius 1 is 1.19 bits per heavy atom. The quantitative estimate of drug-likeness (QED) is 0.757. The molecule has 0 saturated carbocycles. The van der Waals surface area contributed by atoms with Crippen LogP contribution in [-0.2, 0) is 20.7 Å². The molecular formula is C13H14F3NO4. The van der Waals surface area contributed by atoms with Crippen LogP contribution in [0.1, 0.15) is 12.0 Å². The van der Waals surface area contributed by atoms with Crippen LogP contribution in [0, 0.1) is 0 Å². The number of nitrogens with one attached hydrogen (secondary N) is 1. The number of ether oxygens (including phenoxy) is 1. The third-order valence-corrected chi connectivity index (χ3v) is 2.33. The summed E-state index contributed by atoms with van der Waals surface area (Å²) in [7, 11) is 0. The molecule has 0 spiro atoms. The first kappa shape index (κ1) is 17.0. The molecule has 21 heavy (non-hydrogen) atoms. The number of hydrogen-bond acceptors (Lipinski definition) is 3. The van der Waals surface area contributed by atoms with Gasteiger partial charge in [-0.05, 0) is 17.7 Å². The van der Waals surface area contributed by atoms with Crippen molar-refractivity contribution in [2.45, 2.75) is 19.0 Å². The number of hydrogen-bond donors (Lipinski definition) is 2. The molecule has 0 saturated heterocycles. The van der Waals surface area contributed by atoms with Crippen LogP contribution in [0.4, 0.5) is 18.9 Å². The second kappa shape index (κ2) is 7.63. The van der Waals surface area contributed by atoms with Gasteiger partial charge in [0.15, 0.2) is 0 Å². The second-order valence-electron chi connectivity index (χ2n) is 4.23. The fourth-order valence-corrected chi connectivity index (χ4v) is 1.46. The number of carbonyl (C=O) groups excluding carboxylic acids is 1. The van der Waals surface area contributed by atoms with E-state index in [0.717, 1.165) is 0 Å². The van der Waals surface area contributed by atoms with Gasteiger partial charge in [-0.1, -0.05) is 12.1 Å². The van der Waals surface area contributed by atoms with E-state index < -0.39 is 24.7 Å². The van der Waals surface area contributed by atoms with Crippen molar-refractivity contribution in [3.63, 3.8) is 0 Å². The zero-order chi connectivity index (χ0) is 15.9. The molecule has 0 unspecified atom stereocenters. The Kier molecular flexibility index (Phi) is 6.16. The van der Waals surface area contributed by atoms with Crippen molar-refractivity contribution in [1.82, 2.24) is 0 Å².